The summed E-state index contributed by atoms with van der Waals surface area (Å²) in [4.78, 5) is 0. The Morgan fingerprint density at radius 2 is 1.41 bits per heavy atom. The summed E-state index contributed by atoms with van der Waals surface area (Å²) in [5.41, 5.74) is 3.21. The minimum absolute atomic E-state index is 0.253. The Morgan fingerprint density at radius 3 is 2.00 bits per heavy atom. The minimum atomic E-state index is 0.253. The monoisotopic (exact) mass is 463 g/mol. The third kappa shape index (κ3) is 2.05. The maximum atomic E-state index is 10.2. The second-order valence-electron chi connectivity index (χ2n) is 5.13. The summed E-state index contributed by atoms with van der Waals surface area (Å²) in [6.45, 7) is 0. The Hall–Kier alpha value is -1.53. The Kier molecular flexibility index (Phi) is 3.38. The molecule has 1 N–H and O–H groups in total. The second kappa shape index (κ2) is 5.28. The van der Waals surface area contributed by atoms with Crippen LogP contribution in [-0.4, -0.2) is 9.67 Å². The quantitative estimate of drug-likeness (QED) is 0.351. The van der Waals surface area contributed by atoms with Crippen LogP contribution in [0.3, 0.4) is 0 Å². The maximum Gasteiger partial charge on any atom is 0.132 e. The Morgan fingerprint density at radius 1 is 0.864 bits per heavy atom. The molecule has 22 heavy (non-hydrogen) atoms. The summed E-state index contributed by atoms with van der Waals surface area (Å²) < 4.78 is 3.89. The first-order valence-electron chi connectivity index (χ1n) is 6.83. The van der Waals surface area contributed by atoms with Gasteiger partial charge in [-0.2, -0.15) is 0 Å². The van der Waals surface area contributed by atoms with E-state index in [2.05, 4.69) is 85.6 Å². The summed E-state index contributed by atoms with van der Waals surface area (Å²) in [5.74, 6) is 0.253. The highest BCUT2D eigenvalue weighted by atomic mass is 127. The largest absolute Gasteiger partial charge is 0.507 e. The zero-order valence-electron chi connectivity index (χ0n) is 11.4. The summed E-state index contributed by atoms with van der Waals surface area (Å²) in [7, 11) is 0. The van der Waals surface area contributed by atoms with Gasteiger partial charge in [-0.3, -0.25) is 0 Å². The Bertz CT molecular complexity index is 969. The number of nitrogens with zero attached hydrogens (tertiary/aromatic N) is 1. The van der Waals surface area contributed by atoms with Gasteiger partial charge in [-0.15, -0.1) is 0 Å². The number of rotatable bonds is 1. The molecule has 0 radical (unpaired) electrons. The molecule has 1 heterocycles. The number of halogens is 2. The van der Waals surface area contributed by atoms with Gasteiger partial charge in [0.2, 0.25) is 0 Å². The first kappa shape index (κ1) is 14.1. The van der Waals surface area contributed by atoms with Crippen LogP contribution in [0.2, 0.25) is 0 Å². The fourth-order valence-corrected chi connectivity index (χ4v) is 3.90. The number of fused-ring (bicyclic) bond motifs is 3. The molecule has 3 aromatic carbocycles. The van der Waals surface area contributed by atoms with Crippen LogP contribution in [-0.2, 0) is 0 Å². The Labute approximate surface area is 149 Å². The molecular weight excluding hydrogens is 453 g/mol. The van der Waals surface area contributed by atoms with Gasteiger partial charge in [-0.25, -0.2) is 0 Å². The molecule has 0 amide bonds. The molecule has 0 saturated carbocycles. The van der Waals surface area contributed by atoms with Gasteiger partial charge >= 0.3 is 0 Å². The lowest BCUT2D eigenvalue weighted by Crippen LogP contribution is -1.96. The standard InChI is InChI=1S/C18H11BrINO/c19-18-16(9-11(20)10-17(18)22)21-14-7-3-1-5-12(14)13-6-2-4-8-15(13)21/h1-10,22H. The summed E-state index contributed by atoms with van der Waals surface area (Å²) >= 11 is 5.76. The van der Waals surface area contributed by atoms with E-state index in [0.29, 0.717) is 4.47 Å². The van der Waals surface area contributed by atoms with Crippen molar-refractivity contribution in [2.45, 2.75) is 0 Å². The van der Waals surface area contributed by atoms with E-state index in [1.54, 1.807) is 6.07 Å². The highest BCUT2D eigenvalue weighted by molar-refractivity contribution is 14.1. The summed E-state index contributed by atoms with van der Waals surface area (Å²) in [5, 5.41) is 12.6. The van der Waals surface area contributed by atoms with E-state index in [4.69, 9.17) is 0 Å². The molecule has 4 heteroatoms. The molecule has 0 aliphatic rings. The van der Waals surface area contributed by atoms with Gasteiger partial charge in [0, 0.05) is 14.3 Å². The average Bonchev–Trinajstić information content (AvgIpc) is 2.85. The van der Waals surface area contributed by atoms with E-state index in [0.717, 1.165) is 20.3 Å². The van der Waals surface area contributed by atoms with Crippen LogP contribution in [0.15, 0.2) is 65.1 Å². The van der Waals surface area contributed by atoms with Gasteiger partial charge in [0.25, 0.3) is 0 Å². The topological polar surface area (TPSA) is 25.2 Å². The van der Waals surface area contributed by atoms with E-state index in [1.165, 1.54) is 10.8 Å². The zero-order valence-corrected chi connectivity index (χ0v) is 15.2. The van der Waals surface area contributed by atoms with Crippen LogP contribution in [0.25, 0.3) is 27.5 Å². The average molecular weight is 464 g/mol. The first-order valence-corrected chi connectivity index (χ1v) is 8.70. The molecule has 0 aliphatic carbocycles. The van der Waals surface area contributed by atoms with Gasteiger partial charge in [-0.05, 0) is 62.8 Å². The molecule has 4 aromatic rings. The molecular formula is C18H11BrINO. The first-order chi connectivity index (χ1) is 10.7. The van der Waals surface area contributed by atoms with Crippen molar-refractivity contribution in [2.75, 3.05) is 0 Å². The van der Waals surface area contributed by atoms with Crippen LogP contribution < -0.4 is 0 Å². The predicted molar refractivity (Wildman–Crippen MR) is 103 cm³/mol. The molecule has 0 bridgehead atoms. The number of aromatic hydroxyl groups is 1. The van der Waals surface area contributed by atoms with Crippen LogP contribution in [0.4, 0.5) is 0 Å². The number of hydrogen-bond acceptors (Lipinski definition) is 1. The Balaban J connectivity index is 2.23. The van der Waals surface area contributed by atoms with Gasteiger partial charge in [0.1, 0.15) is 5.75 Å². The fourth-order valence-electron chi connectivity index (χ4n) is 2.91. The molecule has 0 unspecified atom stereocenters. The van der Waals surface area contributed by atoms with Gasteiger partial charge < -0.3 is 9.67 Å². The SMILES string of the molecule is Oc1cc(I)cc(-n2c3ccccc3c3ccccc32)c1Br. The molecule has 1 aromatic heterocycles. The number of para-hydroxylation sites is 2. The molecule has 2 nitrogen and oxygen atoms in total. The van der Waals surface area contributed by atoms with Crippen molar-refractivity contribution in [1.82, 2.24) is 4.57 Å². The summed E-state index contributed by atoms with van der Waals surface area (Å²) in [6, 6.07) is 20.5. The van der Waals surface area contributed by atoms with Crippen LogP contribution in [0, 0.1) is 3.57 Å². The van der Waals surface area contributed by atoms with Crippen molar-refractivity contribution >= 4 is 60.3 Å². The molecule has 0 atom stereocenters. The minimum Gasteiger partial charge on any atom is -0.507 e. The molecule has 0 aliphatic heterocycles. The van der Waals surface area contributed by atoms with Crippen molar-refractivity contribution < 1.29 is 5.11 Å². The van der Waals surface area contributed by atoms with Gasteiger partial charge in [-0.1, -0.05) is 36.4 Å². The van der Waals surface area contributed by atoms with E-state index in [9.17, 15) is 5.11 Å². The molecule has 108 valence electrons. The highest BCUT2D eigenvalue weighted by Crippen LogP contribution is 2.38. The lowest BCUT2D eigenvalue weighted by Gasteiger charge is -2.12. The van der Waals surface area contributed by atoms with Crippen molar-refractivity contribution in [3.05, 3.63) is 68.7 Å². The molecule has 0 saturated heterocycles. The fraction of sp³-hybridized carbons (Fsp3) is 0. The number of aromatic nitrogens is 1. The predicted octanol–water partition coefficient (Wildman–Crippen LogP) is 5.86. The highest BCUT2D eigenvalue weighted by Gasteiger charge is 2.15. The van der Waals surface area contributed by atoms with E-state index >= 15 is 0 Å². The number of hydrogen-bond donors (Lipinski definition) is 1. The second-order valence-corrected chi connectivity index (χ2v) is 7.17. The lowest BCUT2D eigenvalue weighted by molar-refractivity contribution is 0.471. The van der Waals surface area contributed by atoms with Crippen LogP contribution in [0.5, 0.6) is 5.75 Å². The van der Waals surface area contributed by atoms with Crippen LogP contribution in [0.1, 0.15) is 0 Å². The van der Waals surface area contributed by atoms with E-state index in [1.807, 2.05) is 12.1 Å². The normalized spacial score (nSPS) is 11.4. The molecule has 0 fully saturated rings. The van der Waals surface area contributed by atoms with Crippen molar-refractivity contribution in [2.24, 2.45) is 0 Å². The third-order valence-corrected chi connectivity index (χ3v) is 5.26. The van der Waals surface area contributed by atoms with Gasteiger partial charge in [0.05, 0.1) is 21.2 Å². The number of phenols is 1. The van der Waals surface area contributed by atoms with Crippen molar-refractivity contribution in [3.63, 3.8) is 0 Å². The van der Waals surface area contributed by atoms with Crippen LogP contribution >= 0.6 is 38.5 Å². The van der Waals surface area contributed by atoms with E-state index < -0.39 is 0 Å². The number of phenolic OH excluding ortho intramolecular Hbond substituents is 1. The maximum absolute atomic E-state index is 10.2. The molecule has 4 rings (SSSR count). The van der Waals surface area contributed by atoms with E-state index in [-0.39, 0.29) is 5.75 Å². The zero-order chi connectivity index (χ0) is 15.3. The van der Waals surface area contributed by atoms with Crippen molar-refractivity contribution in [3.8, 4) is 11.4 Å². The smallest absolute Gasteiger partial charge is 0.132 e. The third-order valence-electron chi connectivity index (χ3n) is 3.82. The molecule has 0 spiro atoms. The number of benzene rings is 3. The lowest BCUT2D eigenvalue weighted by atomic mass is 10.2. The summed E-state index contributed by atoms with van der Waals surface area (Å²) in [6.07, 6.45) is 0. The van der Waals surface area contributed by atoms with Gasteiger partial charge in [0.15, 0.2) is 0 Å². The van der Waals surface area contributed by atoms with Crippen molar-refractivity contribution in [1.29, 1.82) is 0 Å².